The van der Waals surface area contributed by atoms with Crippen molar-refractivity contribution in [1.82, 2.24) is 0 Å². The first-order chi connectivity index (χ1) is 16.6. The van der Waals surface area contributed by atoms with Crippen LogP contribution in [-0.4, -0.2) is 30.9 Å². The highest BCUT2D eigenvalue weighted by Crippen LogP contribution is 2.35. The zero-order valence-corrected chi connectivity index (χ0v) is 22.4. The van der Waals surface area contributed by atoms with Crippen molar-refractivity contribution in [2.75, 3.05) is 24.6 Å². The Balaban J connectivity index is 1.89. The van der Waals surface area contributed by atoms with Crippen molar-refractivity contribution in [2.24, 2.45) is 0 Å². The van der Waals surface area contributed by atoms with Crippen LogP contribution in [0.25, 0.3) is 21.9 Å². The third-order valence-corrected chi connectivity index (χ3v) is 6.14. The van der Waals surface area contributed by atoms with Gasteiger partial charge in [-0.1, -0.05) is 37.3 Å². The van der Waals surface area contributed by atoms with Gasteiger partial charge in [0.25, 0.3) is 0 Å². The molecular weight excluding hydrogens is 432 g/mol. The second kappa shape index (κ2) is 11.1. The number of rotatable bonds is 10. The molecule has 0 bridgehead atoms. The van der Waals surface area contributed by atoms with E-state index in [0.717, 1.165) is 42.4 Å². The average Bonchev–Trinajstić information content (AvgIpc) is 2.80. The standard InChI is InChI=1S/C31H40N2O2/c1-8-18-33(9-2)26-16-15-23-20-25(14-13-24(23)21-26)27-11-10-12-29(28(27)22-32)35-31(6,7)17-19-34-30(3,4)5/h10-16,20-21H,8-9,17-19H2,1-7H3. The maximum absolute atomic E-state index is 10.1. The number of anilines is 1. The van der Waals surface area contributed by atoms with Gasteiger partial charge in [-0.05, 0) is 88.6 Å². The van der Waals surface area contributed by atoms with E-state index in [0.29, 0.717) is 17.9 Å². The summed E-state index contributed by atoms with van der Waals surface area (Å²) in [5.74, 6) is 0.611. The lowest BCUT2D eigenvalue weighted by molar-refractivity contribution is -0.0293. The number of ether oxygens (including phenoxy) is 2. The molecule has 3 aromatic carbocycles. The van der Waals surface area contributed by atoms with Crippen molar-refractivity contribution in [3.8, 4) is 22.9 Å². The minimum absolute atomic E-state index is 0.185. The monoisotopic (exact) mass is 472 g/mol. The second-order valence-corrected chi connectivity index (χ2v) is 10.7. The fourth-order valence-electron chi connectivity index (χ4n) is 4.26. The molecular formula is C31H40N2O2. The van der Waals surface area contributed by atoms with Gasteiger partial charge >= 0.3 is 0 Å². The van der Waals surface area contributed by atoms with Crippen molar-refractivity contribution in [3.63, 3.8) is 0 Å². The summed E-state index contributed by atoms with van der Waals surface area (Å²) in [6.45, 7) is 17.3. The van der Waals surface area contributed by atoms with Crippen LogP contribution in [0.2, 0.25) is 0 Å². The van der Waals surface area contributed by atoms with Gasteiger partial charge in [0.2, 0.25) is 0 Å². The summed E-state index contributed by atoms with van der Waals surface area (Å²) in [6, 6.07) is 21.3. The number of hydrogen-bond acceptors (Lipinski definition) is 4. The van der Waals surface area contributed by atoms with Crippen LogP contribution >= 0.6 is 0 Å². The minimum Gasteiger partial charge on any atom is -0.486 e. The molecule has 0 aliphatic heterocycles. The normalized spacial score (nSPS) is 11.9. The lowest BCUT2D eigenvalue weighted by atomic mass is 9.96. The summed E-state index contributed by atoms with van der Waals surface area (Å²) >= 11 is 0. The second-order valence-electron chi connectivity index (χ2n) is 10.7. The Kier molecular flexibility index (Phi) is 8.46. The predicted octanol–water partition coefficient (Wildman–Crippen LogP) is 7.98. The highest BCUT2D eigenvalue weighted by atomic mass is 16.5. The van der Waals surface area contributed by atoms with E-state index >= 15 is 0 Å². The maximum atomic E-state index is 10.1. The smallest absolute Gasteiger partial charge is 0.138 e. The Hall–Kier alpha value is -3.03. The zero-order valence-electron chi connectivity index (χ0n) is 22.4. The zero-order chi connectivity index (χ0) is 25.6. The molecule has 0 aliphatic rings. The van der Waals surface area contributed by atoms with E-state index < -0.39 is 5.60 Å². The molecule has 0 fully saturated rings. The number of nitrogens with zero attached hydrogens (tertiary/aromatic N) is 2. The van der Waals surface area contributed by atoms with Crippen molar-refractivity contribution in [3.05, 3.63) is 60.2 Å². The van der Waals surface area contributed by atoms with E-state index in [4.69, 9.17) is 9.47 Å². The fraction of sp³-hybridized carbons (Fsp3) is 0.452. The number of benzene rings is 3. The molecule has 0 heterocycles. The van der Waals surface area contributed by atoms with E-state index in [1.165, 1.54) is 11.1 Å². The van der Waals surface area contributed by atoms with Crippen LogP contribution in [0.4, 0.5) is 5.69 Å². The van der Waals surface area contributed by atoms with Crippen LogP contribution < -0.4 is 9.64 Å². The Morgan fingerprint density at radius 2 is 1.63 bits per heavy atom. The Bertz CT molecular complexity index is 1180. The Morgan fingerprint density at radius 1 is 0.914 bits per heavy atom. The fourth-order valence-corrected chi connectivity index (χ4v) is 4.26. The predicted molar refractivity (Wildman–Crippen MR) is 147 cm³/mol. The van der Waals surface area contributed by atoms with E-state index in [1.807, 2.05) is 52.8 Å². The molecule has 4 heteroatoms. The van der Waals surface area contributed by atoms with Gasteiger partial charge in [0, 0.05) is 30.8 Å². The van der Waals surface area contributed by atoms with E-state index in [2.05, 4.69) is 61.2 Å². The van der Waals surface area contributed by atoms with Crippen LogP contribution in [0, 0.1) is 11.3 Å². The van der Waals surface area contributed by atoms with Crippen molar-refractivity contribution in [2.45, 2.75) is 72.5 Å². The van der Waals surface area contributed by atoms with E-state index in [1.54, 1.807) is 0 Å². The lowest BCUT2D eigenvalue weighted by Gasteiger charge is -2.29. The number of fused-ring (bicyclic) bond motifs is 1. The first-order valence-electron chi connectivity index (χ1n) is 12.7. The van der Waals surface area contributed by atoms with Crippen molar-refractivity contribution >= 4 is 16.5 Å². The van der Waals surface area contributed by atoms with Gasteiger partial charge in [-0.15, -0.1) is 0 Å². The van der Waals surface area contributed by atoms with Crippen LogP contribution in [0.5, 0.6) is 5.75 Å². The Morgan fingerprint density at radius 3 is 2.29 bits per heavy atom. The molecule has 0 aliphatic carbocycles. The van der Waals surface area contributed by atoms with Gasteiger partial charge in [-0.2, -0.15) is 5.26 Å². The molecule has 0 amide bonds. The number of nitriles is 1. The van der Waals surface area contributed by atoms with Gasteiger partial charge in [0.15, 0.2) is 0 Å². The first-order valence-corrected chi connectivity index (χ1v) is 12.7. The highest BCUT2D eigenvalue weighted by Gasteiger charge is 2.24. The SMILES string of the molecule is CCCN(CC)c1ccc2cc(-c3cccc(OC(C)(C)CCOC(C)(C)C)c3C#N)ccc2c1. The lowest BCUT2D eigenvalue weighted by Crippen LogP contribution is -2.32. The minimum atomic E-state index is -0.459. The van der Waals surface area contributed by atoms with Gasteiger partial charge < -0.3 is 14.4 Å². The van der Waals surface area contributed by atoms with Crippen LogP contribution in [-0.2, 0) is 4.74 Å². The quantitative estimate of drug-likeness (QED) is 0.300. The molecule has 186 valence electrons. The van der Waals surface area contributed by atoms with E-state index in [-0.39, 0.29) is 5.60 Å². The van der Waals surface area contributed by atoms with Gasteiger partial charge in [0.1, 0.15) is 23.0 Å². The summed E-state index contributed by atoms with van der Waals surface area (Å²) in [6.07, 6.45) is 1.85. The first kappa shape index (κ1) is 26.6. The summed E-state index contributed by atoms with van der Waals surface area (Å²) < 4.78 is 12.2. The molecule has 0 unspecified atom stereocenters. The molecule has 0 saturated heterocycles. The largest absolute Gasteiger partial charge is 0.486 e. The highest BCUT2D eigenvalue weighted by molar-refractivity contribution is 5.91. The molecule has 0 aromatic heterocycles. The third-order valence-electron chi connectivity index (χ3n) is 6.14. The van der Waals surface area contributed by atoms with Crippen LogP contribution in [0.15, 0.2) is 54.6 Å². The van der Waals surface area contributed by atoms with Crippen molar-refractivity contribution < 1.29 is 9.47 Å². The molecule has 0 radical (unpaired) electrons. The molecule has 0 spiro atoms. The van der Waals surface area contributed by atoms with Gasteiger partial charge in [-0.3, -0.25) is 0 Å². The Labute approximate surface area is 211 Å². The van der Waals surface area contributed by atoms with E-state index in [9.17, 15) is 5.26 Å². The molecule has 3 rings (SSSR count). The molecule has 35 heavy (non-hydrogen) atoms. The summed E-state index contributed by atoms with van der Waals surface area (Å²) in [5.41, 5.74) is 3.07. The average molecular weight is 473 g/mol. The molecule has 0 N–H and O–H groups in total. The van der Waals surface area contributed by atoms with Crippen LogP contribution in [0.1, 0.15) is 66.9 Å². The molecule has 0 saturated carbocycles. The third kappa shape index (κ3) is 6.99. The van der Waals surface area contributed by atoms with Gasteiger partial charge in [-0.25, -0.2) is 0 Å². The molecule has 4 nitrogen and oxygen atoms in total. The topological polar surface area (TPSA) is 45.5 Å². The summed E-state index contributed by atoms with van der Waals surface area (Å²) in [5, 5.41) is 12.4. The summed E-state index contributed by atoms with van der Waals surface area (Å²) in [7, 11) is 0. The molecule has 0 atom stereocenters. The number of hydrogen-bond donors (Lipinski definition) is 0. The summed E-state index contributed by atoms with van der Waals surface area (Å²) in [4.78, 5) is 2.40. The van der Waals surface area contributed by atoms with Gasteiger partial charge in [0.05, 0.1) is 12.2 Å². The van der Waals surface area contributed by atoms with Crippen molar-refractivity contribution in [1.29, 1.82) is 5.26 Å². The van der Waals surface area contributed by atoms with Crippen LogP contribution in [0.3, 0.4) is 0 Å². The molecule has 3 aromatic rings. The maximum Gasteiger partial charge on any atom is 0.138 e.